The van der Waals surface area contributed by atoms with Crippen LogP contribution in [0.1, 0.15) is 22.6 Å². The number of hydrogen-bond acceptors (Lipinski definition) is 4. The van der Waals surface area contributed by atoms with Gasteiger partial charge in [0.15, 0.2) is 0 Å². The average Bonchev–Trinajstić information content (AvgIpc) is 3.13. The molecule has 0 unspecified atom stereocenters. The summed E-state index contributed by atoms with van der Waals surface area (Å²) in [7, 11) is 3.69. The molecule has 1 saturated heterocycles. The number of nitrogens with one attached hydrogen (secondary N) is 2. The number of rotatable bonds is 4. The summed E-state index contributed by atoms with van der Waals surface area (Å²) >= 11 is 0. The van der Waals surface area contributed by atoms with E-state index >= 15 is 0 Å². The zero-order valence-corrected chi connectivity index (χ0v) is 15.9. The Kier molecular flexibility index (Phi) is 4.87. The highest BCUT2D eigenvalue weighted by Gasteiger charge is 2.37. The molecule has 0 amide bonds. The molecule has 150 valence electrons. The van der Waals surface area contributed by atoms with Crippen molar-refractivity contribution in [3.63, 3.8) is 0 Å². The van der Waals surface area contributed by atoms with E-state index in [0.29, 0.717) is 11.8 Å². The van der Waals surface area contributed by atoms with Gasteiger partial charge in [0.05, 0.1) is 18.4 Å². The summed E-state index contributed by atoms with van der Waals surface area (Å²) in [4.78, 5) is 2.21. The van der Waals surface area contributed by atoms with Crippen molar-refractivity contribution in [1.82, 2.24) is 5.32 Å². The average molecular weight is 391 g/mol. The van der Waals surface area contributed by atoms with Crippen molar-refractivity contribution in [3.05, 3.63) is 53.1 Å². The van der Waals surface area contributed by atoms with Gasteiger partial charge in [0.1, 0.15) is 5.75 Å². The first-order valence-electron chi connectivity index (χ1n) is 9.41. The zero-order chi connectivity index (χ0) is 19.9. The quantitative estimate of drug-likeness (QED) is 0.824. The lowest BCUT2D eigenvalue weighted by molar-refractivity contribution is -0.138. The van der Waals surface area contributed by atoms with Gasteiger partial charge in [0.25, 0.3) is 0 Å². The molecular formula is C21H24F3N3O. The molecule has 2 aromatic carbocycles. The molecule has 2 aliphatic rings. The molecule has 2 N–H and O–H groups in total. The number of methoxy groups -OCH3 is 1. The first-order chi connectivity index (χ1) is 13.4. The van der Waals surface area contributed by atoms with Gasteiger partial charge in [0, 0.05) is 50.9 Å². The Balaban J connectivity index is 1.65. The van der Waals surface area contributed by atoms with E-state index in [4.69, 9.17) is 4.74 Å². The summed E-state index contributed by atoms with van der Waals surface area (Å²) in [6, 6.07) is 9.60. The molecule has 0 radical (unpaired) electrons. The zero-order valence-electron chi connectivity index (χ0n) is 15.9. The number of alkyl halides is 3. The normalized spacial score (nSPS) is 21.2. The van der Waals surface area contributed by atoms with E-state index in [1.165, 1.54) is 17.7 Å². The minimum atomic E-state index is -4.36. The topological polar surface area (TPSA) is 36.5 Å². The second-order valence-electron chi connectivity index (χ2n) is 7.53. The molecule has 1 fully saturated rings. The first-order valence-corrected chi connectivity index (χ1v) is 9.41. The summed E-state index contributed by atoms with van der Waals surface area (Å²) < 4.78 is 45.4. The highest BCUT2D eigenvalue weighted by molar-refractivity contribution is 5.72. The predicted molar refractivity (Wildman–Crippen MR) is 104 cm³/mol. The van der Waals surface area contributed by atoms with Crippen molar-refractivity contribution in [2.45, 2.75) is 18.6 Å². The molecule has 4 nitrogen and oxygen atoms in total. The maximum absolute atomic E-state index is 13.2. The maximum atomic E-state index is 13.2. The molecule has 2 atom stereocenters. The third-order valence-corrected chi connectivity index (χ3v) is 5.76. The van der Waals surface area contributed by atoms with Crippen molar-refractivity contribution in [2.75, 3.05) is 44.0 Å². The van der Waals surface area contributed by atoms with Gasteiger partial charge in [-0.05, 0) is 29.2 Å². The van der Waals surface area contributed by atoms with Crippen molar-refractivity contribution < 1.29 is 17.9 Å². The van der Waals surface area contributed by atoms with Crippen LogP contribution in [0.15, 0.2) is 36.4 Å². The molecule has 0 aromatic heterocycles. The summed E-state index contributed by atoms with van der Waals surface area (Å²) in [5, 5.41) is 6.63. The predicted octanol–water partition coefficient (Wildman–Crippen LogP) is 4.08. The summed E-state index contributed by atoms with van der Waals surface area (Å²) in [6.07, 6.45) is -4.36. The molecule has 0 spiro atoms. The van der Waals surface area contributed by atoms with Crippen molar-refractivity contribution >= 4 is 11.4 Å². The summed E-state index contributed by atoms with van der Waals surface area (Å²) in [5.41, 5.74) is 2.66. The van der Waals surface area contributed by atoms with Gasteiger partial charge in [-0.3, -0.25) is 0 Å². The van der Waals surface area contributed by atoms with Gasteiger partial charge in [-0.1, -0.05) is 18.2 Å². The SMILES string of the molecule is COc1cc(NCc2ccccc2C(F)(F)F)cc2c1N(C)C[C@@H]1CNC[C@H]21. The second-order valence-corrected chi connectivity index (χ2v) is 7.53. The van der Waals surface area contributed by atoms with E-state index in [1.807, 2.05) is 6.07 Å². The van der Waals surface area contributed by atoms with Gasteiger partial charge in [0.2, 0.25) is 0 Å². The Morgan fingerprint density at radius 2 is 2.00 bits per heavy atom. The van der Waals surface area contributed by atoms with Crippen molar-refractivity contribution in [2.24, 2.45) is 5.92 Å². The van der Waals surface area contributed by atoms with E-state index < -0.39 is 11.7 Å². The Morgan fingerprint density at radius 3 is 2.75 bits per heavy atom. The maximum Gasteiger partial charge on any atom is 0.416 e. The van der Waals surface area contributed by atoms with Gasteiger partial charge >= 0.3 is 6.18 Å². The van der Waals surface area contributed by atoms with Crippen LogP contribution in [-0.2, 0) is 12.7 Å². The fourth-order valence-corrected chi connectivity index (χ4v) is 4.46. The monoisotopic (exact) mass is 391 g/mol. The minimum Gasteiger partial charge on any atom is -0.494 e. The van der Waals surface area contributed by atoms with Gasteiger partial charge < -0.3 is 20.3 Å². The van der Waals surface area contributed by atoms with Crippen molar-refractivity contribution in [3.8, 4) is 5.75 Å². The van der Waals surface area contributed by atoms with E-state index in [1.54, 1.807) is 13.2 Å². The van der Waals surface area contributed by atoms with Crippen LogP contribution in [0.4, 0.5) is 24.5 Å². The van der Waals surface area contributed by atoms with E-state index in [9.17, 15) is 13.2 Å². The fraction of sp³-hybridized carbons (Fsp3) is 0.429. The number of halogens is 3. The fourth-order valence-electron chi connectivity index (χ4n) is 4.46. The molecule has 4 rings (SSSR count). The van der Waals surface area contributed by atoms with E-state index in [-0.39, 0.29) is 12.1 Å². The lowest BCUT2D eigenvalue weighted by Gasteiger charge is -2.37. The molecule has 28 heavy (non-hydrogen) atoms. The van der Waals surface area contributed by atoms with Crippen LogP contribution in [0.25, 0.3) is 0 Å². The second kappa shape index (κ2) is 7.20. The molecule has 2 aliphatic heterocycles. The van der Waals surface area contributed by atoms with E-state index in [0.717, 1.165) is 42.8 Å². The molecule has 2 heterocycles. The molecule has 0 saturated carbocycles. The van der Waals surface area contributed by atoms with Gasteiger partial charge in [-0.25, -0.2) is 0 Å². The number of hydrogen-bond donors (Lipinski definition) is 2. The van der Waals surface area contributed by atoms with E-state index in [2.05, 4.69) is 28.6 Å². The lowest BCUT2D eigenvalue weighted by Crippen LogP contribution is -2.35. The Labute approximate surface area is 162 Å². The molecular weight excluding hydrogens is 367 g/mol. The largest absolute Gasteiger partial charge is 0.494 e. The third-order valence-electron chi connectivity index (χ3n) is 5.76. The Hall–Kier alpha value is -2.41. The molecule has 0 bridgehead atoms. The standard InChI is InChI=1S/C21H24F3N3O/c1-27-12-14-9-25-11-17(14)16-7-15(8-19(28-2)20(16)27)26-10-13-5-3-4-6-18(13)21(22,23)24/h3-8,14,17,25-26H,9-12H2,1-2H3/t14-,17-/m0/s1. The number of nitrogens with zero attached hydrogens (tertiary/aromatic N) is 1. The minimum absolute atomic E-state index is 0.0970. The number of anilines is 2. The van der Waals surface area contributed by atoms with Crippen LogP contribution in [-0.4, -0.2) is 33.8 Å². The molecule has 0 aliphatic carbocycles. The Morgan fingerprint density at radius 1 is 1.21 bits per heavy atom. The van der Waals surface area contributed by atoms with Crippen LogP contribution < -0.4 is 20.3 Å². The summed E-state index contributed by atoms with van der Waals surface area (Å²) in [6.45, 7) is 2.95. The van der Waals surface area contributed by atoms with Crippen LogP contribution in [0.3, 0.4) is 0 Å². The highest BCUT2D eigenvalue weighted by Crippen LogP contribution is 2.46. The lowest BCUT2D eigenvalue weighted by atomic mass is 9.83. The molecule has 7 heteroatoms. The summed E-state index contributed by atoms with van der Waals surface area (Å²) in [5.74, 6) is 1.67. The van der Waals surface area contributed by atoms with Crippen LogP contribution in [0.2, 0.25) is 0 Å². The van der Waals surface area contributed by atoms with Gasteiger partial charge in [-0.15, -0.1) is 0 Å². The van der Waals surface area contributed by atoms with Gasteiger partial charge in [-0.2, -0.15) is 13.2 Å². The highest BCUT2D eigenvalue weighted by atomic mass is 19.4. The third kappa shape index (κ3) is 3.39. The number of ether oxygens (including phenoxy) is 1. The number of fused-ring (bicyclic) bond motifs is 3. The van der Waals surface area contributed by atoms with Crippen LogP contribution in [0.5, 0.6) is 5.75 Å². The van der Waals surface area contributed by atoms with Crippen LogP contribution >= 0.6 is 0 Å². The Bertz CT molecular complexity index is 868. The van der Waals surface area contributed by atoms with Crippen molar-refractivity contribution in [1.29, 1.82) is 0 Å². The first kappa shape index (κ1) is 18.9. The smallest absolute Gasteiger partial charge is 0.416 e. The van der Waals surface area contributed by atoms with Crippen LogP contribution in [0, 0.1) is 5.92 Å². The molecule has 2 aromatic rings. The number of benzene rings is 2.